The number of hydrogen-bond donors (Lipinski definition) is 2. The van der Waals surface area contributed by atoms with Crippen molar-refractivity contribution in [3.63, 3.8) is 0 Å². The molecule has 17 heavy (non-hydrogen) atoms. The predicted octanol–water partition coefficient (Wildman–Crippen LogP) is 3.00. The van der Waals surface area contributed by atoms with Crippen molar-refractivity contribution in [3.8, 4) is 0 Å². The van der Waals surface area contributed by atoms with E-state index >= 15 is 0 Å². The Morgan fingerprint density at radius 3 is 2.35 bits per heavy atom. The second-order valence-corrected chi connectivity index (χ2v) is 5.51. The molecule has 3 N–H and O–H groups in total. The normalized spacial score (nSPS) is 12.3. The number of benzene rings is 2. The molecule has 0 spiro atoms. The molecule has 0 amide bonds. The molecule has 0 fully saturated rings. The van der Waals surface area contributed by atoms with Gasteiger partial charge in [0.1, 0.15) is 0 Å². The third-order valence-corrected chi connectivity index (χ3v) is 3.79. The third kappa shape index (κ3) is 3.33. The van der Waals surface area contributed by atoms with Crippen LogP contribution in [0.2, 0.25) is 0 Å². The van der Waals surface area contributed by atoms with Crippen LogP contribution in [-0.2, 0) is 11.1 Å². The van der Waals surface area contributed by atoms with Crippen molar-refractivity contribution in [2.45, 2.75) is 14.7 Å². The molecule has 0 aliphatic carbocycles. The first-order valence-electron chi connectivity index (χ1n) is 4.89. The third-order valence-electron chi connectivity index (χ3n) is 2.12. The van der Waals surface area contributed by atoms with Gasteiger partial charge in [-0.1, -0.05) is 17.8 Å². The molecule has 88 valence electrons. The van der Waals surface area contributed by atoms with Gasteiger partial charge in [0.05, 0.1) is 4.90 Å². The first kappa shape index (κ1) is 12.2. The van der Waals surface area contributed by atoms with Gasteiger partial charge in [-0.25, -0.2) is 4.21 Å². The summed E-state index contributed by atoms with van der Waals surface area (Å²) in [5.41, 5.74) is 6.41. The summed E-state index contributed by atoms with van der Waals surface area (Å²) in [6.45, 7) is 0. The first-order chi connectivity index (χ1) is 8.15. The summed E-state index contributed by atoms with van der Waals surface area (Å²) in [7, 11) is 0. The maximum atomic E-state index is 10.8. The Morgan fingerprint density at radius 1 is 1.06 bits per heavy atom. The molecule has 0 aliphatic heterocycles. The van der Waals surface area contributed by atoms with Crippen molar-refractivity contribution >= 4 is 28.5 Å². The Balaban J connectivity index is 2.16. The molecule has 5 heteroatoms. The average Bonchev–Trinajstić information content (AvgIpc) is 2.29. The fourth-order valence-electron chi connectivity index (χ4n) is 1.34. The molecule has 0 saturated carbocycles. The van der Waals surface area contributed by atoms with E-state index in [9.17, 15) is 4.21 Å². The highest BCUT2D eigenvalue weighted by molar-refractivity contribution is 7.99. The molecule has 0 aliphatic rings. The standard InChI is InChI=1S/C12H11NO2S2/c13-9-2-1-3-11(8-9)16-10-4-6-12(7-5-10)17(14)15/h1-8H,13H2,(H,14,15). The van der Waals surface area contributed by atoms with E-state index in [2.05, 4.69) is 0 Å². The molecule has 0 bridgehead atoms. The summed E-state index contributed by atoms with van der Waals surface area (Å²) in [5.74, 6) is 0. The van der Waals surface area contributed by atoms with E-state index in [1.54, 1.807) is 23.9 Å². The maximum absolute atomic E-state index is 10.8. The lowest BCUT2D eigenvalue weighted by Crippen LogP contribution is -1.87. The van der Waals surface area contributed by atoms with E-state index in [0.29, 0.717) is 4.90 Å². The Hall–Kier alpha value is -1.30. The first-order valence-corrected chi connectivity index (χ1v) is 6.82. The van der Waals surface area contributed by atoms with Crippen molar-refractivity contribution in [3.05, 3.63) is 48.5 Å². The smallest absolute Gasteiger partial charge is 0.186 e. The van der Waals surface area contributed by atoms with Gasteiger partial charge in [-0.3, -0.25) is 0 Å². The van der Waals surface area contributed by atoms with Crippen LogP contribution in [0.15, 0.2) is 63.2 Å². The fourth-order valence-corrected chi connectivity index (χ4v) is 2.59. The minimum atomic E-state index is -1.92. The highest BCUT2D eigenvalue weighted by Crippen LogP contribution is 2.29. The lowest BCUT2D eigenvalue weighted by molar-refractivity contribution is 0.564. The van der Waals surface area contributed by atoms with Gasteiger partial charge in [-0.2, -0.15) is 0 Å². The van der Waals surface area contributed by atoms with Crippen LogP contribution in [0.25, 0.3) is 0 Å². The Kier molecular flexibility index (Phi) is 3.83. The molecule has 0 heterocycles. The molecule has 0 radical (unpaired) electrons. The molecule has 2 aromatic rings. The van der Waals surface area contributed by atoms with Gasteiger partial charge >= 0.3 is 0 Å². The molecule has 0 saturated heterocycles. The van der Waals surface area contributed by atoms with E-state index in [0.717, 1.165) is 15.5 Å². The maximum Gasteiger partial charge on any atom is 0.186 e. The van der Waals surface area contributed by atoms with E-state index in [-0.39, 0.29) is 0 Å². The van der Waals surface area contributed by atoms with Crippen LogP contribution in [0.4, 0.5) is 5.69 Å². The van der Waals surface area contributed by atoms with Crippen LogP contribution < -0.4 is 5.73 Å². The molecular formula is C12H11NO2S2. The van der Waals surface area contributed by atoms with E-state index in [4.69, 9.17) is 10.3 Å². The van der Waals surface area contributed by atoms with Gasteiger partial charge in [0.25, 0.3) is 0 Å². The second kappa shape index (κ2) is 5.35. The van der Waals surface area contributed by atoms with E-state index in [1.807, 2.05) is 36.4 Å². The fraction of sp³-hybridized carbons (Fsp3) is 0. The molecule has 2 rings (SSSR count). The number of nitrogens with two attached hydrogens (primary N) is 1. The van der Waals surface area contributed by atoms with Crippen molar-refractivity contribution in [1.82, 2.24) is 0 Å². The number of hydrogen-bond acceptors (Lipinski definition) is 3. The summed E-state index contributed by atoms with van der Waals surface area (Å²) < 4.78 is 19.7. The summed E-state index contributed by atoms with van der Waals surface area (Å²) >= 11 is -0.355. The van der Waals surface area contributed by atoms with Gasteiger partial charge in [-0.05, 0) is 42.5 Å². The Morgan fingerprint density at radius 2 is 1.76 bits per heavy atom. The zero-order chi connectivity index (χ0) is 12.3. The summed E-state index contributed by atoms with van der Waals surface area (Å²) in [6, 6.07) is 14.5. The van der Waals surface area contributed by atoms with Crippen molar-refractivity contribution in [1.29, 1.82) is 0 Å². The monoisotopic (exact) mass is 265 g/mol. The quantitative estimate of drug-likeness (QED) is 0.661. The largest absolute Gasteiger partial charge is 0.399 e. The van der Waals surface area contributed by atoms with Crippen molar-refractivity contribution < 1.29 is 8.76 Å². The van der Waals surface area contributed by atoms with Gasteiger partial charge in [0, 0.05) is 15.5 Å². The van der Waals surface area contributed by atoms with Gasteiger partial charge in [0.2, 0.25) is 0 Å². The molecule has 1 atom stereocenters. The van der Waals surface area contributed by atoms with Gasteiger partial charge in [-0.15, -0.1) is 0 Å². The topological polar surface area (TPSA) is 63.3 Å². The number of anilines is 1. The summed E-state index contributed by atoms with van der Waals surface area (Å²) in [5, 5.41) is 0. The van der Waals surface area contributed by atoms with E-state index < -0.39 is 11.1 Å². The van der Waals surface area contributed by atoms with E-state index in [1.165, 1.54) is 0 Å². The highest BCUT2D eigenvalue weighted by atomic mass is 32.2. The Labute approximate surface area is 106 Å². The number of nitrogen functional groups attached to an aromatic ring is 1. The SMILES string of the molecule is Nc1cccc(Sc2ccc(S(=O)O)cc2)c1. The minimum absolute atomic E-state index is 0.405. The summed E-state index contributed by atoms with van der Waals surface area (Å²) in [6.07, 6.45) is 0. The Bertz CT molecular complexity index is 540. The lowest BCUT2D eigenvalue weighted by Gasteiger charge is -2.03. The van der Waals surface area contributed by atoms with Crippen LogP contribution in [-0.4, -0.2) is 8.76 Å². The summed E-state index contributed by atoms with van der Waals surface area (Å²) in [4.78, 5) is 2.45. The van der Waals surface area contributed by atoms with Gasteiger partial charge < -0.3 is 10.3 Å². The van der Waals surface area contributed by atoms with Crippen molar-refractivity contribution in [2.24, 2.45) is 0 Å². The highest BCUT2D eigenvalue weighted by Gasteiger charge is 2.01. The van der Waals surface area contributed by atoms with Crippen LogP contribution in [0.5, 0.6) is 0 Å². The average molecular weight is 265 g/mol. The molecule has 2 aromatic carbocycles. The van der Waals surface area contributed by atoms with Crippen LogP contribution in [0, 0.1) is 0 Å². The minimum Gasteiger partial charge on any atom is -0.399 e. The predicted molar refractivity (Wildman–Crippen MR) is 70.5 cm³/mol. The lowest BCUT2D eigenvalue weighted by atomic mass is 10.3. The molecule has 1 unspecified atom stereocenters. The second-order valence-electron chi connectivity index (χ2n) is 3.40. The van der Waals surface area contributed by atoms with Gasteiger partial charge in [0.15, 0.2) is 11.1 Å². The number of rotatable bonds is 3. The molecular weight excluding hydrogens is 254 g/mol. The zero-order valence-corrected chi connectivity index (χ0v) is 10.5. The molecule has 0 aromatic heterocycles. The zero-order valence-electron chi connectivity index (χ0n) is 8.87. The van der Waals surface area contributed by atoms with Crippen molar-refractivity contribution in [2.75, 3.05) is 5.73 Å². The van der Waals surface area contributed by atoms with Crippen LogP contribution >= 0.6 is 11.8 Å². The van der Waals surface area contributed by atoms with Crippen LogP contribution in [0.1, 0.15) is 0 Å². The molecule has 3 nitrogen and oxygen atoms in total. The van der Waals surface area contributed by atoms with Crippen LogP contribution in [0.3, 0.4) is 0 Å².